The Morgan fingerprint density at radius 2 is 1.76 bits per heavy atom. The van der Waals surface area contributed by atoms with Crippen LogP contribution in [0, 0.1) is 0 Å². The van der Waals surface area contributed by atoms with E-state index in [1.54, 1.807) is 0 Å². The minimum absolute atomic E-state index is 0.0394. The van der Waals surface area contributed by atoms with Crippen molar-refractivity contribution in [3.63, 3.8) is 0 Å². The lowest BCUT2D eigenvalue weighted by Gasteiger charge is -2.30. The molecular formula is C20H25ClN2O5S. The van der Waals surface area contributed by atoms with Gasteiger partial charge in [-0.1, -0.05) is 41.9 Å². The van der Waals surface area contributed by atoms with Gasteiger partial charge in [0.05, 0.1) is 23.6 Å². The van der Waals surface area contributed by atoms with Crippen molar-refractivity contribution in [3.8, 4) is 0 Å². The number of aliphatic hydroxyl groups excluding tert-OH is 2. The first-order valence-corrected chi connectivity index (χ1v) is 11.1. The molecule has 29 heavy (non-hydrogen) atoms. The first-order chi connectivity index (χ1) is 13.8. The second-order valence-electron chi connectivity index (χ2n) is 7.08. The van der Waals surface area contributed by atoms with E-state index in [-0.39, 0.29) is 18.0 Å². The summed E-state index contributed by atoms with van der Waals surface area (Å²) in [5.74, 6) is 0. The quantitative estimate of drug-likeness (QED) is 0.571. The molecule has 0 aromatic heterocycles. The Hall–Kier alpha value is -1.52. The molecule has 2 aromatic carbocycles. The topological polar surface area (TPSA) is 99.1 Å². The van der Waals surface area contributed by atoms with Crippen molar-refractivity contribution in [2.75, 3.05) is 20.2 Å². The molecule has 2 aromatic rings. The minimum Gasteiger partial charge on any atom is -0.394 e. The Balaban J connectivity index is 1.72. The monoisotopic (exact) mass is 440 g/mol. The molecule has 1 heterocycles. The predicted molar refractivity (Wildman–Crippen MR) is 110 cm³/mol. The van der Waals surface area contributed by atoms with Crippen molar-refractivity contribution in [1.82, 2.24) is 9.62 Å². The van der Waals surface area contributed by atoms with E-state index >= 15 is 0 Å². The van der Waals surface area contributed by atoms with Crippen LogP contribution in [0.4, 0.5) is 0 Å². The van der Waals surface area contributed by atoms with Crippen molar-refractivity contribution in [2.45, 2.75) is 35.8 Å². The Kier molecular flexibility index (Phi) is 7.28. The van der Waals surface area contributed by atoms with Crippen LogP contribution >= 0.6 is 11.6 Å². The highest BCUT2D eigenvalue weighted by atomic mass is 35.5. The van der Waals surface area contributed by atoms with Crippen molar-refractivity contribution in [2.24, 2.45) is 0 Å². The van der Waals surface area contributed by atoms with Gasteiger partial charge in [-0.3, -0.25) is 4.90 Å². The molecule has 9 heteroatoms. The molecule has 1 aliphatic rings. The molecule has 0 amide bonds. The van der Waals surface area contributed by atoms with Gasteiger partial charge in [-0.05, 0) is 36.9 Å². The highest BCUT2D eigenvalue weighted by Crippen LogP contribution is 2.26. The number of ether oxygens (including phenoxy) is 1. The number of aliphatic hydroxyl groups is 2. The van der Waals surface area contributed by atoms with Crippen LogP contribution in [0.25, 0.3) is 0 Å². The summed E-state index contributed by atoms with van der Waals surface area (Å²) in [7, 11) is -1.93. The van der Waals surface area contributed by atoms with Crippen LogP contribution in [0.5, 0.6) is 0 Å². The molecule has 4 atom stereocenters. The third-order valence-corrected chi connectivity index (χ3v) is 6.71. The fourth-order valence-electron chi connectivity index (χ4n) is 3.56. The van der Waals surface area contributed by atoms with Crippen LogP contribution in [0.15, 0.2) is 59.5 Å². The van der Waals surface area contributed by atoms with E-state index in [0.717, 1.165) is 5.56 Å². The molecule has 1 fully saturated rings. The SMILES string of the molecule is CN(Cc1ccccc1)[C@@H]1[C@H](O)[C@H](CO)O[C@@H]1CNS(=O)(=O)c1ccc(Cl)cc1. The average molecular weight is 441 g/mol. The van der Waals surface area contributed by atoms with E-state index in [9.17, 15) is 18.6 Å². The van der Waals surface area contributed by atoms with E-state index in [2.05, 4.69) is 4.72 Å². The molecule has 0 aliphatic carbocycles. The van der Waals surface area contributed by atoms with E-state index in [4.69, 9.17) is 16.3 Å². The van der Waals surface area contributed by atoms with Crippen molar-refractivity contribution < 1.29 is 23.4 Å². The molecule has 0 unspecified atom stereocenters. The number of hydrogen-bond acceptors (Lipinski definition) is 6. The van der Waals surface area contributed by atoms with Gasteiger partial charge in [-0.25, -0.2) is 13.1 Å². The first kappa shape index (κ1) is 22.2. The van der Waals surface area contributed by atoms with E-state index in [0.29, 0.717) is 11.6 Å². The molecule has 7 nitrogen and oxygen atoms in total. The van der Waals surface area contributed by atoms with Crippen molar-refractivity contribution in [1.29, 1.82) is 0 Å². The van der Waals surface area contributed by atoms with Gasteiger partial charge in [0, 0.05) is 18.1 Å². The summed E-state index contributed by atoms with van der Waals surface area (Å²) in [6, 6.07) is 15.1. The molecule has 0 bridgehead atoms. The smallest absolute Gasteiger partial charge is 0.240 e. The lowest BCUT2D eigenvalue weighted by Crippen LogP contribution is -2.49. The lowest BCUT2D eigenvalue weighted by molar-refractivity contribution is -0.0201. The van der Waals surface area contributed by atoms with Crippen LogP contribution in [0.3, 0.4) is 0 Å². The third kappa shape index (κ3) is 5.35. The van der Waals surface area contributed by atoms with Gasteiger partial charge in [-0.15, -0.1) is 0 Å². The lowest BCUT2D eigenvalue weighted by atomic mass is 10.0. The number of likely N-dealkylation sites (N-methyl/N-ethyl adjacent to an activating group) is 1. The minimum atomic E-state index is -3.77. The molecule has 0 saturated carbocycles. The fourth-order valence-corrected chi connectivity index (χ4v) is 4.73. The number of rotatable bonds is 8. The molecule has 0 radical (unpaired) electrons. The number of benzene rings is 2. The number of sulfonamides is 1. The maximum Gasteiger partial charge on any atom is 0.240 e. The van der Waals surface area contributed by atoms with Gasteiger partial charge in [0.1, 0.15) is 12.2 Å². The predicted octanol–water partition coefficient (Wildman–Crippen LogP) is 1.24. The van der Waals surface area contributed by atoms with Crippen molar-refractivity contribution >= 4 is 21.6 Å². The second kappa shape index (κ2) is 9.53. The van der Waals surface area contributed by atoms with E-state index in [1.807, 2.05) is 42.3 Å². The summed E-state index contributed by atoms with van der Waals surface area (Å²) < 4.78 is 33.4. The molecule has 158 valence electrons. The third-order valence-electron chi connectivity index (χ3n) is 5.02. The summed E-state index contributed by atoms with van der Waals surface area (Å²) in [4.78, 5) is 2.00. The van der Waals surface area contributed by atoms with Gasteiger partial charge in [0.2, 0.25) is 10.0 Å². The van der Waals surface area contributed by atoms with Crippen molar-refractivity contribution in [3.05, 3.63) is 65.2 Å². The van der Waals surface area contributed by atoms with E-state index < -0.39 is 34.4 Å². The number of nitrogens with zero attached hydrogens (tertiary/aromatic N) is 1. The van der Waals surface area contributed by atoms with Gasteiger partial charge < -0.3 is 14.9 Å². The van der Waals surface area contributed by atoms with Crippen LogP contribution in [-0.4, -0.2) is 68.1 Å². The molecule has 3 rings (SSSR count). The number of hydrogen-bond donors (Lipinski definition) is 3. The molecule has 3 N–H and O–H groups in total. The van der Waals surface area contributed by atoms with Gasteiger partial charge >= 0.3 is 0 Å². The Bertz CT molecular complexity index is 895. The zero-order valence-electron chi connectivity index (χ0n) is 16.0. The fraction of sp³-hybridized carbons (Fsp3) is 0.400. The summed E-state index contributed by atoms with van der Waals surface area (Å²) in [5, 5.41) is 20.6. The standard InChI is InChI=1S/C20H25ClN2O5S/c1-23(12-14-5-3-2-4-6-14)19-17(28-18(13-24)20(19)25)11-22-29(26,27)16-9-7-15(21)8-10-16/h2-10,17-20,22,24-25H,11-13H2,1H3/t17-,18+,19+,20-/m1/s1. The Morgan fingerprint density at radius 3 is 2.38 bits per heavy atom. The van der Waals surface area contributed by atoms with Crippen LogP contribution in [0.2, 0.25) is 5.02 Å². The highest BCUT2D eigenvalue weighted by Gasteiger charge is 2.45. The molecule has 1 saturated heterocycles. The summed E-state index contributed by atoms with van der Waals surface area (Å²) in [6.07, 6.45) is -2.35. The van der Waals surface area contributed by atoms with Crippen LogP contribution in [-0.2, 0) is 21.3 Å². The average Bonchev–Trinajstić information content (AvgIpc) is 3.03. The molecular weight excluding hydrogens is 416 g/mol. The normalized spacial score (nSPS) is 24.9. The Labute approximate surface area is 175 Å². The second-order valence-corrected chi connectivity index (χ2v) is 9.29. The zero-order chi connectivity index (χ0) is 21.0. The van der Waals surface area contributed by atoms with Crippen LogP contribution in [0.1, 0.15) is 5.56 Å². The first-order valence-electron chi connectivity index (χ1n) is 9.25. The highest BCUT2D eigenvalue weighted by molar-refractivity contribution is 7.89. The van der Waals surface area contributed by atoms with Crippen LogP contribution < -0.4 is 4.72 Å². The summed E-state index contributed by atoms with van der Waals surface area (Å²) in [6.45, 7) is 0.157. The van der Waals surface area contributed by atoms with Gasteiger partial charge in [-0.2, -0.15) is 0 Å². The maximum atomic E-state index is 12.6. The molecule has 0 spiro atoms. The summed E-state index contributed by atoms with van der Waals surface area (Å²) in [5.41, 5.74) is 1.05. The number of nitrogens with one attached hydrogen (secondary N) is 1. The van der Waals surface area contributed by atoms with Gasteiger partial charge in [0.25, 0.3) is 0 Å². The van der Waals surface area contributed by atoms with Gasteiger partial charge in [0.15, 0.2) is 0 Å². The van der Waals surface area contributed by atoms with E-state index in [1.165, 1.54) is 24.3 Å². The zero-order valence-corrected chi connectivity index (χ0v) is 17.6. The number of halogens is 1. The Morgan fingerprint density at radius 1 is 1.10 bits per heavy atom. The largest absolute Gasteiger partial charge is 0.394 e. The molecule has 1 aliphatic heterocycles. The summed E-state index contributed by atoms with van der Waals surface area (Å²) >= 11 is 5.82. The maximum absolute atomic E-state index is 12.6.